The van der Waals surface area contributed by atoms with Crippen LogP contribution in [0.1, 0.15) is 17.5 Å². The molecule has 0 spiro atoms. The lowest BCUT2D eigenvalue weighted by atomic mass is 10.2. The smallest absolute Gasteiger partial charge is 0.244 e. The maximum Gasteiger partial charge on any atom is 0.244 e. The summed E-state index contributed by atoms with van der Waals surface area (Å²) in [7, 11) is 0. The van der Waals surface area contributed by atoms with E-state index >= 15 is 0 Å². The van der Waals surface area contributed by atoms with Crippen molar-refractivity contribution in [3.63, 3.8) is 0 Å². The number of thioether (sulfide) groups is 1. The molecule has 0 aliphatic carbocycles. The lowest BCUT2D eigenvalue weighted by molar-refractivity contribution is -0.117. The lowest BCUT2D eigenvalue weighted by Gasteiger charge is -2.23. The second-order valence-electron chi connectivity index (χ2n) is 4.77. The number of aromatic nitrogens is 1. The largest absolute Gasteiger partial charge is 0.301 e. The normalized spacial score (nSPS) is 23.3. The van der Waals surface area contributed by atoms with E-state index in [2.05, 4.69) is 27.4 Å². The minimum atomic E-state index is -0.0712. The van der Waals surface area contributed by atoms with E-state index in [1.165, 1.54) is 10.6 Å². The molecule has 1 atom stereocenters. The summed E-state index contributed by atoms with van der Waals surface area (Å²) in [5.74, 6) is 1.75. The molecule has 1 amide bonds. The number of rotatable bonds is 3. The van der Waals surface area contributed by atoms with Crippen LogP contribution in [0.15, 0.2) is 0 Å². The fourth-order valence-electron chi connectivity index (χ4n) is 2.33. The molecule has 2 N–H and O–H groups in total. The van der Waals surface area contributed by atoms with Crippen molar-refractivity contribution < 1.29 is 4.79 Å². The Kier molecular flexibility index (Phi) is 4.07. The molecule has 0 bridgehead atoms. The Morgan fingerprint density at radius 3 is 3.26 bits per heavy atom. The Morgan fingerprint density at radius 2 is 2.53 bits per heavy atom. The molecule has 0 aromatic carbocycles. The van der Waals surface area contributed by atoms with Crippen LogP contribution >= 0.6 is 23.1 Å². The van der Waals surface area contributed by atoms with Crippen LogP contribution in [0.3, 0.4) is 0 Å². The molecule has 1 unspecified atom stereocenters. The Balaban J connectivity index is 1.66. The summed E-state index contributed by atoms with van der Waals surface area (Å²) < 4.78 is 0. The van der Waals surface area contributed by atoms with Gasteiger partial charge in [0.1, 0.15) is 0 Å². The van der Waals surface area contributed by atoms with Gasteiger partial charge in [0.15, 0.2) is 5.13 Å². The van der Waals surface area contributed by atoms with Crippen LogP contribution in [-0.4, -0.2) is 46.6 Å². The Morgan fingerprint density at radius 1 is 1.63 bits per heavy atom. The van der Waals surface area contributed by atoms with E-state index in [0.717, 1.165) is 42.8 Å². The first-order valence-corrected chi connectivity index (χ1v) is 8.56. The standard InChI is InChI=1S/C12H18N4OS2/c1-2-16-4-3-8-10(5-16)19-12(14-8)15-11(17)9-6-18-7-13-9/h9,13H,2-7H2,1H3,(H,14,15,17). The van der Waals surface area contributed by atoms with Gasteiger partial charge in [0, 0.05) is 36.0 Å². The van der Waals surface area contributed by atoms with Gasteiger partial charge in [-0.2, -0.15) is 0 Å². The number of hydrogen-bond acceptors (Lipinski definition) is 6. The molecule has 5 nitrogen and oxygen atoms in total. The molecule has 7 heteroatoms. The summed E-state index contributed by atoms with van der Waals surface area (Å²) in [6.07, 6.45) is 0.993. The second-order valence-corrected chi connectivity index (χ2v) is 6.88. The SMILES string of the molecule is CCN1CCc2nc(NC(=O)C3CSCN3)sc2C1. The van der Waals surface area contributed by atoms with Gasteiger partial charge in [-0.15, -0.1) is 23.1 Å². The number of hydrogen-bond donors (Lipinski definition) is 2. The third-order valence-electron chi connectivity index (χ3n) is 3.52. The van der Waals surface area contributed by atoms with E-state index < -0.39 is 0 Å². The highest BCUT2D eigenvalue weighted by molar-refractivity contribution is 7.99. The average Bonchev–Trinajstić information content (AvgIpc) is 3.06. The zero-order valence-electron chi connectivity index (χ0n) is 10.9. The molecule has 1 saturated heterocycles. The number of carbonyl (C=O) groups is 1. The van der Waals surface area contributed by atoms with Crippen LogP contribution in [0.5, 0.6) is 0 Å². The van der Waals surface area contributed by atoms with E-state index in [9.17, 15) is 4.79 Å². The Labute approximate surface area is 121 Å². The molecule has 0 saturated carbocycles. The minimum absolute atomic E-state index is 0.0449. The number of thiazole rings is 1. The highest BCUT2D eigenvalue weighted by Gasteiger charge is 2.25. The first-order valence-electron chi connectivity index (χ1n) is 6.59. The van der Waals surface area contributed by atoms with Gasteiger partial charge in [-0.3, -0.25) is 15.0 Å². The van der Waals surface area contributed by atoms with Crippen molar-refractivity contribution in [3.8, 4) is 0 Å². The molecule has 19 heavy (non-hydrogen) atoms. The van der Waals surface area contributed by atoms with Gasteiger partial charge in [0.05, 0.1) is 11.7 Å². The molecular formula is C12H18N4OS2. The maximum atomic E-state index is 12.0. The molecule has 2 aliphatic heterocycles. The van der Waals surface area contributed by atoms with Crippen molar-refractivity contribution in [1.82, 2.24) is 15.2 Å². The Hall–Kier alpha value is -0.630. The zero-order chi connectivity index (χ0) is 13.2. The molecule has 1 aromatic heterocycles. The molecule has 2 aliphatic rings. The molecule has 1 fully saturated rings. The highest BCUT2D eigenvalue weighted by atomic mass is 32.2. The second kappa shape index (κ2) is 5.78. The van der Waals surface area contributed by atoms with E-state index in [1.54, 1.807) is 23.1 Å². The molecule has 3 heterocycles. The number of likely N-dealkylation sites (N-methyl/N-ethyl adjacent to an activating group) is 1. The molecule has 104 valence electrons. The van der Waals surface area contributed by atoms with Crippen LogP contribution < -0.4 is 10.6 Å². The number of carbonyl (C=O) groups excluding carboxylic acids is 1. The van der Waals surface area contributed by atoms with Gasteiger partial charge in [-0.25, -0.2) is 4.98 Å². The quantitative estimate of drug-likeness (QED) is 0.876. The predicted octanol–water partition coefficient (Wildman–Crippen LogP) is 1.12. The van der Waals surface area contributed by atoms with Gasteiger partial charge < -0.3 is 5.32 Å². The van der Waals surface area contributed by atoms with E-state index in [4.69, 9.17) is 0 Å². The van der Waals surface area contributed by atoms with Crippen LogP contribution in [-0.2, 0) is 17.8 Å². The van der Waals surface area contributed by atoms with Crippen molar-refractivity contribution in [3.05, 3.63) is 10.6 Å². The summed E-state index contributed by atoms with van der Waals surface area (Å²) in [6.45, 7) is 5.29. The first-order chi connectivity index (χ1) is 9.26. The van der Waals surface area contributed by atoms with Gasteiger partial charge >= 0.3 is 0 Å². The summed E-state index contributed by atoms with van der Waals surface area (Å²) in [6, 6.07) is -0.0712. The molecule has 1 aromatic rings. The molecular weight excluding hydrogens is 280 g/mol. The molecule has 0 radical (unpaired) electrons. The Bertz CT molecular complexity index is 470. The minimum Gasteiger partial charge on any atom is -0.301 e. The van der Waals surface area contributed by atoms with Crippen LogP contribution in [0.4, 0.5) is 5.13 Å². The van der Waals surface area contributed by atoms with Gasteiger partial charge in [-0.1, -0.05) is 6.92 Å². The summed E-state index contributed by atoms with van der Waals surface area (Å²) in [5.41, 5.74) is 1.17. The van der Waals surface area contributed by atoms with Crippen LogP contribution in [0.25, 0.3) is 0 Å². The van der Waals surface area contributed by atoms with E-state index in [0.29, 0.717) is 0 Å². The summed E-state index contributed by atoms with van der Waals surface area (Å²) >= 11 is 3.38. The monoisotopic (exact) mass is 298 g/mol. The average molecular weight is 298 g/mol. The summed E-state index contributed by atoms with van der Waals surface area (Å²) in [4.78, 5) is 20.3. The third-order valence-corrected chi connectivity index (χ3v) is 5.46. The fraction of sp³-hybridized carbons (Fsp3) is 0.667. The topological polar surface area (TPSA) is 57.3 Å². The van der Waals surface area contributed by atoms with Gasteiger partial charge in [-0.05, 0) is 6.54 Å². The number of fused-ring (bicyclic) bond motifs is 1. The number of amides is 1. The molecule has 3 rings (SSSR count). The number of nitrogens with zero attached hydrogens (tertiary/aromatic N) is 2. The predicted molar refractivity (Wildman–Crippen MR) is 79.6 cm³/mol. The lowest BCUT2D eigenvalue weighted by Crippen LogP contribution is -2.37. The third kappa shape index (κ3) is 2.94. The number of nitrogens with one attached hydrogen (secondary N) is 2. The van der Waals surface area contributed by atoms with E-state index in [1.807, 2.05) is 0 Å². The van der Waals surface area contributed by atoms with Gasteiger partial charge in [0.2, 0.25) is 5.91 Å². The summed E-state index contributed by atoms with van der Waals surface area (Å²) in [5, 5.41) is 6.88. The number of anilines is 1. The van der Waals surface area contributed by atoms with Crippen molar-refractivity contribution in [2.75, 3.05) is 30.0 Å². The van der Waals surface area contributed by atoms with Crippen LogP contribution in [0.2, 0.25) is 0 Å². The van der Waals surface area contributed by atoms with Crippen molar-refractivity contribution >= 4 is 34.1 Å². The zero-order valence-corrected chi connectivity index (χ0v) is 12.6. The fourth-order valence-corrected chi connectivity index (χ4v) is 4.32. The van der Waals surface area contributed by atoms with Crippen molar-refractivity contribution in [1.29, 1.82) is 0 Å². The van der Waals surface area contributed by atoms with Crippen molar-refractivity contribution in [2.45, 2.75) is 25.9 Å². The van der Waals surface area contributed by atoms with Crippen molar-refractivity contribution in [2.24, 2.45) is 0 Å². The van der Waals surface area contributed by atoms with Gasteiger partial charge in [0.25, 0.3) is 0 Å². The highest BCUT2D eigenvalue weighted by Crippen LogP contribution is 2.28. The van der Waals surface area contributed by atoms with Crippen LogP contribution in [0, 0.1) is 0 Å². The maximum absolute atomic E-state index is 12.0. The van der Waals surface area contributed by atoms with E-state index in [-0.39, 0.29) is 11.9 Å². The first kappa shape index (κ1) is 13.4.